The molecule has 1 saturated heterocycles. The Hall–Kier alpha value is 0.0249. The molecule has 22 heavy (non-hydrogen) atoms. The molecule has 1 radical (unpaired) electrons. The minimum absolute atomic E-state index is 0.340. The quantitative estimate of drug-likeness (QED) is 0.280. The highest BCUT2D eigenvalue weighted by Crippen LogP contribution is 2.52. The predicted octanol–water partition coefficient (Wildman–Crippen LogP) is 5.79. The van der Waals surface area contributed by atoms with Crippen molar-refractivity contribution >= 4 is 7.28 Å². The van der Waals surface area contributed by atoms with Gasteiger partial charge >= 0.3 is 0 Å². The largest absolute Gasteiger partial charge is 0.300 e. The van der Waals surface area contributed by atoms with E-state index in [2.05, 4.69) is 46.9 Å². The molecule has 1 nitrogen and oxygen atoms in total. The van der Waals surface area contributed by atoms with Gasteiger partial charge in [-0.15, -0.1) is 0 Å². The summed E-state index contributed by atoms with van der Waals surface area (Å²) in [5, 5.41) is 0.340. The molecule has 0 aromatic rings. The molecule has 1 aliphatic carbocycles. The van der Waals surface area contributed by atoms with Crippen molar-refractivity contribution in [2.45, 2.75) is 103 Å². The van der Waals surface area contributed by atoms with Crippen molar-refractivity contribution in [3.63, 3.8) is 0 Å². The van der Waals surface area contributed by atoms with E-state index >= 15 is 0 Å². The third kappa shape index (κ3) is 4.76. The molecule has 2 atom stereocenters. The fraction of sp³-hybridized carbons (Fsp3) is 1.00. The standard InChI is InChI=1S/C20H39BN/c1-19(2,18-16-22(18)5)20(3,4)21-15-11-7-6-8-12-17-13-9-10-14-17/h17-18H,6-16H2,1-5H3. The van der Waals surface area contributed by atoms with Crippen LogP contribution in [0.2, 0.25) is 11.6 Å². The first kappa shape index (κ1) is 18.4. The van der Waals surface area contributed by atoms with Gasteiger partial charge in [0.1, 0.15) is 7.28 Å². The Morgan fingerprint density at radius 1 is 0.955 bits per heavy atom. The van der Waals surface area contributed by atoms with Crippen LogP contribution in [-0.2, 0) is 0 Å². The van der Waals surface area contributed by atoms with Gasteiger partial charge in [-0.2, -0.15) is 0 Å². The van der Waals surface area contributed by atoms with Gasteiger partial charge in [0.2, 0.25) is 0 Å². The van der Waals surface area contributed by atoms with Crippen molar-refractivity contribution in [2.24, 2.45) is 11.3 Å². The first-order valence-electron chi connectivity index (χ1n) is 9.89. The van der Waals surface area contributed by atoms with Crippen LogP contribution in [0.25, 0.3) is 0 Å². The first-order valence-corrected chi connectivity index (χ1v) is 9.89. The Labute approximate surface area is 140 Å². The van der Waals surface area contributed by atoms with Crippen molar-refractivity contribution < 1.29 is 0 Å². The molecule has 2 heteroatoms. The highest BCUT2D eigenvalue weighted by molar-refractivity contribution is 6.40. The molecule has 1 heterocycles. The van der Waals surface area contributed by atoms with Gasteiger partial charge in [-0.3, -0.25) is 0 Å². The molecule has 0 aromatic heterocycles. The molecule has 1 saturated carbocycles. The summed E-state index contributed by atoms with van der Waals surface area (Å²) in [4.78, 5) is 2.48. The Bertz CT molecular complexity index is 331. The van der Waals surface area contributed by atoms with Crippen LogP contribution < -0.4 is 0 Å². The maximum atomic E-state index is 2.62. The zero-order chi connectivity index (χ0) is 16.2. The van der Waals surface area contributed by atoms with Crippen molar-refractivity contribution in [3.8, 4) is 0 Å². The second-order valence-corrected chi connectivity index (χ2v) is 9.24. The number of unbranched alkanes of at least 4 members (excludes halogenated alkanes) is 3. The Morgan fingerprint density at radius 3 is 2.14 bits per heavy atom. The van der Waals surface area contributed by atoms with E-state index in [4.69, 9.17) is 0 Å². The molecule has 0 amide bonds. The Morgan fingerprint density at radius 2 is 1.55 bits per heavy atom. The lowest BCUT2D eigenvalue weighted by atomic mass is 9.42. The summed E-state index contributed by atoms with van der Waals surface area (Å²) in [6, 6.07) is 0.783. The first-order chi connectivity index (χ1) is 10.3. The van der Waals surface area contributed by atoms with Crippen LogP contribution in [0.15, 0.2) is 0 Å². The van der Waals surface area contributed by atoms with Crippen LogP contribution >= 0.6 is 0 Å². The topological polar surface area (TPSA) is 3.01 Å². The summed E-state index contributed by atoms with van der Waals surface area (Å²) in [6.07, 6.45) is 14.6. The van der Waals surface area contributed by atoms with Gasteiger partial charge < -0.3 is 4.90 Å². The van der Waals surface area contributed by atoms with E-state index in [-0.39, 0.29) is 0 Å². The summed E-state index contributed by atoms with van der Waals surface area (Å²) in [7, 11) is 4.88. The van der Waals surface area contributed by atoms with Gasteiger partial charge in [-0.1, -0.05) is 97.1 Å². The van der Waals surface area contributed by atoms with Crippen LogP contribution in [0.4, 0.5) is 0 Å². The predicted molar refractivity (Wildman–Crippen MR) is 99.8 cm³/mol. The third-order valence-electron chi connectivity index (χ3n) is 7.05. The van der Waals surface area contributed by atoms with Crippen molar-refractivity contribution in [1.82, 2.24) is 4.90 Å². The lowest BCUT2D eigenvalue weighted by Gasteiger charge is -2.42. The number of hydrogen-bond acceptors (Lipinski definition) is 1. The number of nitrogens with zero attached hydrogens (tertiary/aromatic N) is 1. The number of likely N-dealkylation sites (N-methyl/N-ethyl adjacent to an activating group) is 1. The maximum absolute atomic E-state index is 2.62. The minimum Gasteiger partial charge on any atom is -0.300 e. The van der Waals surface area contributed by atoms with E-state index < -0.39 is 0 Å². The molecule has 127 valence electrons. The fourth-order valence-corrected chi connectivity index (χ4v) is 4.39. The molecule has 1 aliphatic heterocycles. The molecule has 2 unspecified atom stereocenters. The van der Waals surface area contributed by atoms with Gasteiger partial charge in [0.25, 0.3) is 0 Å². The summed E-state index contributed by atoms with van der Waals surface area (Å²) in [5.74, 6) is 1.09. The van der Waals surface area contributed by atoms with Gasteiger partial charge in [0, 0.05) is 12.6 Å². The van der Waals surface area contributed by atoms with Gasteiger partial charge in [0.05, 0.1) is 0 Å². The molecule has 0 bridgehead atoms. The minimum atomic E-state index is 0.340. The number of hydrogen-bond donors (Lipinski definition) is 0. The van der Waals surface area contributed by atoms with E-state index in [1.165, 1.54) is 70.7 Å². The van der Waals surface area contributed by atoms with Gasteiger partial charge in [-0.25, -0.2) is 0 Å². The molecule has 0 aromatic carbocycles. The lowest BCUT2D eigenvalue weighted by molar-refractivity contribution is 0.230. The second kappa shape index (κ2) is 7.73. The molecule has 0 spiro atoms. The van der Waals surface area contributed by atoms with Crippen molar-refractivity contribution in [3.05, 3.63) is 0 Å². The van der Waals surface area contributed by atoms with E-state index in [0.717, 1.165) is 12.0 Å². The summed E-state index contributed by atoms with van der Waals surface area (Å²) >= 11 is 0. The van der Waals surface area contributed by atoms with E-state index in [9.17, 15) is 0 Å². The number of rotatable bonds is 10. The average molecular weight is 304 g/mol. The molecule has 0 N–H and O–H groups in total. The van der Waals surface area contributed by atoms with E-state index in [1.54, 1.807) is 0 Å². The highest BCUT2D eigenvalue weighted by Gasteiger charge is 2.50. The fourth-order valence-electron chi connectivity index (χ4n) is 4.39. The van der Waals surface area contributed by atoms with E-state index in [0.29, 0.717) is 10.7 Å². The van der Waals surface area contributed by atoms with Crippen LogP contribution in [0.3, 0.4) is 0 Å². The van der Waals surface area contributed by atoms with Crippen LogP contribution in [0, 0.1) is 11.3 Å². The monoisotopic (exact) mass is 304 g/mol. The van der Waals surface area contributed by atoms with E-state index in [1.807, 2.05) is 0 Å². The van der Waals surface area contributed by atoms with Gasteiger partial charge in [-0.05, 0) is 18.4 Å². The van der Waals surface area contributed by atoms with Crippen LogP contribution in [0.1, 0.15) is 85.5 Å². The summed E-state index contributed by atoms with van der Waals surface area (Å²) < 4.78 is 0. The zero-order valence-electron chi connectivity index (χ0n) is 16.0. The van der Waals surface area contributed by atoms with Gasteiger partial charge in [0.15, 0.2) is 0 Å². The Balaban J connectivity index is 1.53. The molecule has 2 aliphatic rings. The zero-order valence-corrected chi connectivity index (χ0v) is 16.0. The van der Waals surface area contributed by atoms with Crippen LogP contribution in [0.5, 0.6) is 0 Å². The molecular weight excluding hydrogens is 265 g/mol. The smallest absolute Gasteiger partial charge is 0.117 e. The third-order valence-corrected chi connectivity index (χ3v) is 7.05. The maximum Gasteiger partial charge on any atom is 0.117 e. The summed E-state index contributed by atoms with van der Waals surface area (Å²) in [6.45, 7) is 11.1. The van der Waals surface area contributed by atoms with Crippen LogP contribution in [-0.4, -0.2) is 31.8 Å². The highest BCUT2D eigenvalue weighted by atomic mass is 15.3. The average Bonchev–Trinajstić information content (AvgIpc) is 2.98. The molecular formula is C20H39BN. The normalized spacial score (nSPS) is 26.4. The second-order valence-electron chi connectivity index (χ2n) is 9.24. The SMILES string of the molecule is CN1CC1C(C)(C)C(C)(C)[B]CCCCCCC1CCCC1. The summed E-state index contributed by atoms with van der Waals surface area (Å²) in [5.41, 5.74) is 0.393. The van der Waals surface area contributed by atoms with Crippen molar-refractivity contribution in [2.75, 3.05) is 13.6 Å². The Kier molecular flexibility index (Phi) is 6.45. The lowest BCUT2D eigenvalue weighted by Crippen LogP contribution is -2.37. The van der Waals surface area contributed by atoms with Crippen molar-refractivity contribution in [1.29, 1.82) is 0 Å². The molecule has 2 rings (SSSR count). The molecule has 2 fully saturated rings.